The summed E-state index contributed by atoms with van der Waals surface area (Å²) in [6.45, 7) is 4.96. The largest absolute Gasteiger partial charge is 0.352 e. The Bertz CT molecular complexity index is 598. The second-order valence-corrected chi connectivity index (χ2v) is 6.54. The molecule has 0 aliphatic carbocycles. The first-order valence-corrected chi connectivity index (χ1v) is 8.26. The Hall–Kier alpha value is -1.95. The van der Waals surface area contributed by atoms with Gasteiger partial charge in [-0.2, -0.15) is 0 Å². The van der Waals surface area contributed by atoms with E-state index < -0.39 is 0 Å². The van der Waals surface area contributed by atoms with Crippen molar-refractivity contribution < 1.29 is 9.59 Å². The van der Waals surface area contributed by atoms with Crippen LogP contribution in [0.25, 0.3) is 0 Å². The molecule has 0 bridgehead atoms. The Morgan fingerprint density at radius 3 is 2.83 bits per heavy atom. The number of hydrogen-bond acceptors (Lipinski definition) is 4. The maximum atomic E-state index is 12.4. The second-order valence-electron chi connectivity index (χ2n) is 6.54. The van der Waals surface area contributed by atoms with E-state index in [0.717, 1.165) is 30.6 Å². The Balaban J connectivity index is 1.54. The summed E-state index contributed by atoms with van der Waals surface area (Å²) in [6, 6.07) is 2.23. The quantitative estimate of drug-likeness (QED) is 0.855. The fourth-order valence-electron chi connectivity index (χ4n) is 3.40. The van der Waals surface area contributed by atoms with Crippen LogP contribution < -0.4 is 5.32 Å². The number of aromatic nitrogens is 1. The van der Waals surface area contributed by atoms with Crippen LogP contribution in [0.3, 0.4) is 0 Å². The third-order valence-electron chi connectivity index (χ3n) is 4.85. The molecule has 0 spiro atoms. The minimum absolute atomic E-state index is 0.0209. The number of aryl methyl sites for hydroxylation is 1. The number of pyridine rings is 1. The van der Waals surface area contributed by atoms with Gasteiger partial charge in [0.25, 0.3) is 0 Å². The monoisotopic (exact) mass is 316 g/mol. The van der Waals surface area contributed by atoms with Crippen molar-refractivity contribution >= 4 is 11.8 Å². The van der Waals surface area contributed by atoms with Crippen LogP contribution in [0, 0.1) is 5.92 Å². The van der Waals surface area contributed by atoms with Crippen LogP contribution in [0.4, 0.5) is 0 Å². The number of nitrogens with zero attached hydrogens (tertiary/aromatic N) is 3. The molecule has 2 saturated heterocycles. The first-order chi connectivity index (χ1) is 11.1. The molecule has 1 aromatic heterocycles. The number of likely N-dealkylation sites (tertiary alicyclic amines) is 2. The summed E-state index contributed by atoms with van der Waals surface area (Å²) in [7, 11) is 2.04. The lowest BCUT2D eigenvalue weighted by molar-refractivity contribution is -0.132. The lowest BCUT2D eigenvalue weighted by Gasteiger charge is -2.42. The average molecular weight is 316 g/mol. The molecule has 3 heterocycles. The Morgan fingerprint density at radius 1 is 1.35 bits per heavy atom. The van der Waals surface area contributed by atoms with E-state index in [2.05, 4.69) is 22.1 Å². The van der Waals surface area contributed by atoms with Crippen LogP contribution in [0.1, 0.15) is 24.5 Å². The minimum Gasteiger partial charge on any atom is -0.352 e. The van der Waals surface area contributed by atoms with Gasteiger partial charge in [0, 0.05) is 45.0 Å². The summed E-state index contributed by atoms with van der Waals surface area (Å²) in [5.41, 5.74) is 2.24. The molecule has 0 saturated carbocycles. The highest BCUT2D eigenvalue weighted by Gasteiger charge is 2.41. The molecule has 124 valence electrons. The number of hydrogen-bond donors (Lipinski definition) is 1. The number of likely N-dealkylation sites (N-methyl/N-ethyl adjacent to an activating group) is 1. The van der Waals surface area contributed by atoms with E-state index in [9.17, 15) is 9.59 Å². The Morgan fingerprint density at radius 2 is 2.13 bits per heavy atom. The van der Waals surface area contributed by atoms with E-state index in [4.69, 9.17) is 0 Å². The number of nitrogens with one attached hydrogen (secondary N) is 1. The van der Waals surface area contributed by atoms with Gasteiger partial charge in [0.2, 0.25) is 11.8 Å². The van der Waals surface area contributed by atoms with Crippen molar-refractivity contribution in [3.05, 3.63) is 29.6 Å². The van der Waals surface area contributed by atoms with Crippen molar-refractivity contribution in [2.75, 3.05) is 26.7 Å². The molecule has 2 fully saturated rings. The van der Waals surface area contributed by atoms with E-state index in [0.29, 0.717) is 19.5 Å². The Kier molecular flexibility index (Phi) is 4.61. The predicted octanol–water partition coefficient (Wildman–Crippen LogP) is 0.423. The fraction of sp³-hybridized carbons (Fsp3) is 0.588. The zero-order valence-electron chi connectivity index (χ0n) is 13.8. The van der Waals surface area contributed by atoms with Crippen LogP contribution >= 0.6 is 0 Å². The lowest BCUT2D eigenvalue weighted by Crippen LogP contribution is -2.58. The van der Waals surface area contributed by atoms with E-state index in [1.165, 1.54) is 0 Å². The van der Waals surface area contributed by atoms with Crippen LogP contribution in [0.15, 0.2) is 18.5 Å². The predicted molar refractivity (Wildman–Crippen MR) is 86.6 cm³/mol. The van der Waals surface area contributed by atoms with Crippen LogP contribution in [-0.4, -0.2) is 59.3 Å². The van der Waals surface area contributed by atoms with Gasteiger partial charge in [-0.15, -0.1) is 0 Å². The normalized spacial score (nSPS) is 22.3. The van der Waals surface area contributed by atoms with Gasteiger partial charge in [-0.25, -0.2) is 0 Å². The number of rotatable bonds is 5. The molecule has 0 radical (unpaired) electrons. The SMILES string of the molecule is CCc1cnccc1CNC(=O)C1CC(=O)N(C2CN(C)C2)C1. The first kappa shape index (κ1) is 15.9. The van der Waals surface area contributed by atoms with E-state index in [1.807, 2.05) is 24.2 Å². The molecule has 1 N–H and O–H groups in total. The van der Waals surface area contributed by atoms with Crippen LogP contribution in [0.5, 0.6) is 0 Å². The van der Waals surface area contributed by atoms with Crippen molar-refractivity contribution in [3.8, 4) is 0 Å². The summed E-state index contributed by atoms with van der Waals surface area (Å²) >= 11 is 0. The van der Waals surface area contributed by atoms with E-state index in [1.54, 1.807) is 6.20 Å². The standard InChI is InChI=1S/C17H24N4O2/c1-3-12-7-18-5-4-13(12)8-19-17(23)14-6-16(22)21(9-14)15-10-20(2)11-15/h4-5,7,14-15H,3,6,8-11H2,1-2H3,(H,19,23). The average Bonchev–Trinajstić information content (AvgIpc) is 2.91. The highest BCUT2D eigenvalue weighted by molar-refractivity contribution is 5.89. The fourth-order valence-corrected chi connectivity index (χ4v) is 3.40. The van der Waals surface area contributed by atoms with Crippen LogP contribution in [-0.2, 0) is 22.6 Å². The van der Waals surface area contributed by atoms with E-state index in [-0.39, 0.29) is 23.8 Å². The summed E-state index contributed by atoms with van der Waals surface area (Å²) in [5, 5.41) is 2.98. The highest BCUT2D eigenvalue weighted by Crippen LogP contribution is 2.24. The van der Waals surface area contributed by atoms with Gasteiger partial charge in [-0.3, -0.25) is 14.6 Å². The highest BCUT2D eigenvalue weighted by atomic mass is 16.2. The van der Waals surface area contributed by atoms with Gasteiger partial charge in [0.05, 0.1) is 12.0 Å². The molecule has 2 aliphatic heterocycles. The molecule has 6 nitrogen and oxygen atoms in total. The third kappa shape index (κ3) is 3.37. The minimum atomic E-state index is -0.222. The number of amides is 2. The smallest absolute Gasteiger partial charge is 0.225 e. The zero-order valence-corrected chi connectivity index (χ0v) is 13.8. The summed E-state index contributed by atoms with van der Waals surface area (Å²) < 4.78 is 0. The second kappa shape index (κ2) is 6.66. The van der Waals surface area contributed by atoms with Gasteiger partial charge in [-0.1, -0.05) is 6.92 Å². The van der Waals surface area contributed by atoms with E-state index >= 15 is 0 Å². The summed E-state index contributed by atoms with van der Waals surface area (Å²) in [6.07, 6.45) is 4.82. The molecular weight excluding hydrogens is 292 g/mol. The zero-order chi connectivity index (χ0) is 16.4. The van der Waals surface area contributed by atoms with Crippen molar-refractivity contribution in [1.82, 2.24) is 20.1 Å². The maximum absolute atomic E-state index is 12.4. The molecule has 1 unspecified atom stereocenters. The first-order valence-electron chi connectivity index (χ1n) is 8.26. The number of carbonyl (C=O) groups excluding carboxylic acids is 2. The van der Waals surface area contributed by atoms with Gasteiger partial charge >= 0.3 is 0 Å². The topological polar surface area (TPSA) is 65.5 Å². The molecule has 2 aliphatic rings. The summed E-state index contributed by atoms with van der Waals surface area (Å²) in [4.78, 5) is 32.7. The van der Waals surface area contributed by atoms with Gasteiger partial charge in [0.1, 0.15) is 0 Å². The van der Waals surface area contributed by atoms with Crippen molar-refractivity contribution in [3.63, 3.8) is 0 Å². The van der Waals surface area contributed by atoms with Gasteiger partial charge in [-0.05, 0) is 30.7 Å². The lowest BCUT2D eigenvalue weighted by atomic mass is 10.1. The molecule has 6 heteroatoms. The van der Waals surface area contributed by atoms with Gasteiger partial charge in [0.15, 0.2) is 0 Å². The van der Waals surface area contributed by atoms with Crippen molar-refractivity contribution in [2.45, 2.75) is 32.4 Å². The van der Waals surface area contributed by atoms with Gasteiger partial charge < -0.3 is 15.1 Å². The van der Waals surface area contributed by atoms with Crippen molar-refractivity contribution in [2.24, 2.45) is 5.92 Å². The molecule has 23 heavy (non-hydrogen) atoms. The molecular formula is C17H24N4O2. The summed E-state index contributed by atoms with van der Waals surface area (Å²) in [5.74, 6) is -0.130. The molecule has 3 rings (SSSR count). The number of carbonyl (C=O) groups is 2. The van der Waals surface area contributed by atoms with Crippen molar-refractivity contribution in [1.29, 1.82) is 0 Å². The molecule has 0 aromatic carbocycles. The third-order valence-corrected chi connectivity index (χ3v) is 4.85. The molecule has 1 aromatic rings. The molecule has 2 amide bonds. The maximum Gasteiger partial charge on any atom is 0.225 e. The van der Waals surface area contributed by atoms with Crippen LogP contribution in [0.2, 0.25) is 0 Å². The Labute approximate surface area is 136 Å². The molecule has 1 atom stereocenters.